The third-order valence-electron chi connectivity index (χ3n) is 4.12. The van der Waals surface area contributed by atoms with Crippen LogP contribution in [0.3, 0.4) is 0 Å². The molecular weight excluding hydrogens is 375 g/mol. The van der Waals surface area contributed by atoms with Crippen molar-refractivity contribution in [2.45, 2.75) is 12.3 Å². The van der Waals surface area contributed by atoms with E-state index in [0.717, 1.165) is 6.54 Å². The number of hydrogen-bond donors (Lipinski definition) is 1. The minimum atomic E-state index is -0.683. The van der Waals surface area contributed by atoms with Crippen LogP contribution in [-0.4, -0.2) is 53.0 Å². The lowest BCUT2D eigenvalue weighted by atomic mass is 10.1. The molecule has 6 nitrogen and oxygen atoms in total. The van der Waals surface area contributed by atoms with Gasteiger partial charge in [-0.25, -0.2) is 9.37 Å². The summed E-state index contributed by atoms with van der Waals surface area (Å²) in [5.74, 6) is -0.561. The van der Waals surface area contributed by atoms with E-state index in [9.17, 15) is 14.0 Å². The van der Waals surface area contributed by atoms with Crippen molar-refractivity contribution < 1.29 is 14.0 Å². The average Bonchev–Trinajstić information content (AvgIpc) is 3.28. The van der Waals surface area contributed by atoms with Crippen LogP contribution in [0.25, 0.3) is 10.4 Å². The molecule has 1 aromatic carbocycles. The molecule has 0 aliphatic carbocycles. The molecule has 1 unspecified atom stereocenters. The molecule has 0 spiro atoms. The van der Waals surface area contributed by atoms with E-state index in [1.54, 1.807) is 12.1 Å². The SMILES string of the molecule is CCN(C)c1nc(C(=O)N2CCSC2C(N)=O)c(-c2ccc(F)cc2)s1. The Morgan fingerprint density at radius 3 is 2.69 bits per heavy atom. The van der Waals surface area contributed by atoms with Gasteiger partial charge in [-0.15, -0.1) is 11.8 Å². The number of carbonyl (C=O) groups is 2. The molecule has 9 heteroatoms. The predicted molar refractivity (Wildman–Crippen MR) is 103 cm³/mol. The summed E-state index contributed by atoms with van der Waals surface area (Å²) >= 11 is 2.72. The number of thioether (sulfide) groups is 1. The molecule has 1 aliphatic heterocycles. The number of nitrogens with zero attached hydrogens (tertiary/aromatic N) is 3. The van der Waals surface area contributed by atoms with Gasteiger partial charge in [0.2, 0.25) is 0 Å². The summed E-state index contributed by atoms with van der Waals surface area (Å²) < 4.78 is 13.3. The Bertz CT molecular complexity index is 825. The van der Waals surface area contributed by atoms with Gasteiger partial charge in [-0.05, 0) is 24.6 Å². The highest BCUT2D eigenvalue weighted by Crippen LogP contribution is 2.36. The van der Waals surface area contributed by atoms with Crippen molar-refractivity contribution >= 4 is 40.0 Å². The second kappa shape index (κ2) is 7.63. The number of carbonyl (C=O) groups excluding carboxylic acids is 2. The van der Waals surface area contributed by atoms with Gasteiger partial charge < -0.3 is 15.5 Å². The quantitative estimate of drug-likeness (QED) is 0.842. The van der Waals surface area contributed by atoms with Gasteiger partial charge in [0.1, 0.15) is 11.5 Å². The number of hydrogen-bond acceptors (Lipinski definition) is 6. The molecule has 1 aliphatic rings. The standard InChI is InChI=1S/C17H19FN4O2S2/c1-3-21(2)17-20-12(13(26-17)10-4-6-11(18)7-5-10)15(24)22-8-9-25-16(22)14(19)23/h4-7,16H,3,8-9H2,1-2H3,(H2,19,23). The van der Waals surface area contributed by atoms with Gasteiger partial charge in [0.05, 0.1) is 4.88 Å². The summed E-state index contributed by atoms with van der Waals surface area (Å²) in [4.78, 5) is 33.3. The highest BCUT2D eigenvalue weighted by atomic mass is 32.2. The summed E-state index contributed by atoms with van der Waals surface area (Å²) in [6.45, 7) is 3.16. The van der Waals surface area contributed by atoms with Gasteiger partial charge in [-0.3, -0.25) is 9.59 Å². The fourth-order valence-corrected chi connectivity index (χ4v) is 4.76. The molecule has 3 rings (SSSR count). The zero-order chi connectivity index (χ0) is 18.8. The molecule has 2 heterocycles. The Balaban J connectivity index is 2.04. The topological polar surface area (TPSA) is 79.5 Å². The Kier molecular flexibility index (Phi) is 5.47. The first kappa shape index (κ1) is 18.7. The predicted octanol–water partition coefficient (Wildman–Crippen LogP) is 2.41. The molecule has 1 atom stereocenters. The Morgan fingerprint density at radius 1 is 1.38 bits per heavy atom. The van der Waals surface area contributed by atoms with Crippen molar-refractivity contribution in [3.63, 3.8) is 0 Å². The van der Waals surface area contributed by atoms with Gasteiger partial charge in [0.25, 0.3) is 11.8 Å². The van der Waals surface area contributed by atoms with Crippen LogP contribution in [0.4, 0.5) is 9.52 Å². The first-order chi connectivity index (χ1) is 12.4. The lowest BCUT2D eigenvalue weighted by Gasteiger charge is -2.20. The van der Waals surface area contributed by atoms with Gasteiger partial charge in [0, 0.05) is 25.9 Å². The first-order valence-electron chi connectivity index (χ1n) is 8.12. The van der Waals surface area contributed by atoms with Crippen LogP contribution in [0.15, 0.2) is 24.3 Å². The van der Waals surface area contributed by atoms with Gasteiger partial charge >= 0.3 is 0 Å². The molecule has 2 N–H and O–H groups in total. The molecule has 2 amide bonds. The second-order valence-corrected chi connectivity index (χ2v) is 7.98. The maximum atomic E-state index is 13.3. The van der Waals surface area contributed by atoms with E-state index in [-0.39, 0.29) is 17.4 Å². The van der Waals surface area contributed by atoms with Crippen LogP contribution >= 0.6 is 23.1 Å². The number of anilines is 1. The lowest BCUT2D eigenvalue weighted by molar-refractivity contribution is -0.119. The van der Waals surface area contributed by atoms with Crippen LogP contribution < -0.4 is 10.6 Å². The molecule has 0 bridgehead atoms. The summed E-state index contributed by atoms with van der Waals surface area (Å²) in [5, 5.41) is 0.00951. The normalized spacial score (nSPS) is 16.7. The summed E-state index contributed by atoms with van der Waals surface area (Å²) in [6.07, 6.45) is 0. The van der Waals surface area contributed by atoms with E-state index in [1.165, 1.54) is 40.1 Å². The van der Waals surface area contributed by atoms with E-state index in [0.29, 0.717) is 27.9 Å². The van der Waals surface area contributed by atoms with E-state index < -0.39 is 11.3 Å². The van der Waals surface area contributed by atoms with Crippen LogP contribution in [0.2, 0.25) is 0 Å². The number of nitrogens with two attached hydrogens (primary N) is 1. The van der Waals surface area contributed by atoms with Crippen LogP contribution in [0, 0.1) is 5.82 Å². The minimum absolute atomic E-state index is 0.269. The number of amides is 2. The number of primary amides is 1. The van der Waals surface area contributed by atoms with E-state index in [2.05, 4.69) is 4.98 Å². The number of thiazole rings is 1. The first-order valence-corrected chi connectivity index (χ1v) is 9.98. The molecule has 1 fully saturated rings. The Hall–Kier alpha value is -2.13. The molecule has 1 saturated heterocycles. The largest absolute Gasteiger partial charge is 0.367 e. The zero-order valence-electron chi connectivity index (χ0n) is 14.4. The summed E-state index contributed by atoms with van der Waals surface area (Å²) in [6, 6.07) is 5.95. The van der Waals surface area contributed by atoms with Crippen molar-refractivity contribution in [1.29, 1.82) is 0 Å². The lowest BCUT2D eigenvalue weighted by Crippen LogP contribution is -2.42. The Morgan fingerprint density at radius 2 is 2.08 bits per heavy atom. The van der Waals surface area contributed by atoms with Crippen LogP contribution in [0.1, 0.15) is 17.4 Å². The van der Waals surface area contributed by atoms with Gasteiger partial charge in [-0.2, -0.15) is 0 Å². The second-order valence-electron chi connectivity index (χ2n) is 5.82. The highest BCUT2D eigenvalue weighted by Gasteiger charge is 2.36. The van der Waals surface area contributed by atoms with E-state index in [4.69, 9.17) is 5.73 Å². The van der Waals surface area contributed by atoms with Gasteiger partial charge in [-0.1, -0.05) is 23.5 Å². The molecule has 0 saturated carbocycles. The van der Waals surface area contributed by atoms with Crippen molar-refractivity contribution in [3.05, 3.63) is 35.8 Å². The van der Waals surface area contributed by atoms with E-state index >= 15 is 0 Å². The van der Waals surface area contributed by atoms with Crippen molar-refractivity contribution in [2.75, 3.05) is 30.8 Å². The van der Waals surface area contributed by atoms with Crippen molar-refractivity contribution in [3.8, 4) is 10.4 Å². The Labute approximate surface area is 159 Å². The molecule has 1 aromatic heterocycles. The maximum Gasteiger partial charge on any atom is 0.275 e. The minimum Gasteiger partial charge on any atom is -0.367 e. The average molecular weight is 394 g/mol. The zero-order valence-corrected chi connectivity index (χ0v) is 16.1. The summed E-state index contributed by atoms with van der Waals surface area (Å²) in [7, 11) is 1.89. The molecule has 26 heavy (non-hydrogen) atoms. The molecular formula is C17H19FN4O2S2. The smallest absolute Gasteiger partial charge is 0.275 e. The number of benzene rings is 1. The van der Waals surface area contributed by atoms with Crippen molar-refractivity contribution in [1.82, 2.24) is 9.88 Å². The van der Waals surface area contributed by atoms with Crippen molar-refractivity contribution in [2.24, 2.45) is 5.73 Å². The fourth-order valence-electron chi connectivity index (χ4n) is 2.60. The maximum absolute atomic E-state index is 13.3. The highest BCUT2D eigenvalue weighted by molar-refractivity contribution is 8.00. The molecule has 0 radical (unpaired) electrons. The van der Waals surface area contributed by atoms with E-state index in [1.807, 2.05) is 18.9 Å². The number of halogens is 1. The van der Waals surface area contributed by atoms with Crippen LogP contribution in [-0.2, 0) is 4.79 Å². The third-order valence-corrected chi connectivity index (χ3v) is 6.56. The number of rotatable bonds is 5. The molecule has 2 aromatic rings. The molecule has 138 valence electrons. The fraction of sp³-hybridized carbons (Fsp3) is 0.353. The van der Waals surface area contributed by atoms with Gasteiger partial charge in [0.15, 0.2) is 10.5 Å². The summed E-state index contributed by atoms with van der Waals surface area (Å²) in [5.41, 5.74) is 6.41. The third kappa shape index (κ3) is 3.54. The number of aromatic nitrogens is 1. The van der Waals surface area contributed by atoms with Crippen LogP contribution in [0.5, 0.6) is 0 Å². The monoisotopic (exact) mass is 394 g/mol.